The number of benzene rings is 5. The second kappa shape index (κ2) is 10.2. The Morgan fingerprint density at radius 3 is 1.77 bits per heavy atom. The SMILES string of the molecule is CN(c1nc(-c2ccccc2)nc(-c2ccccc2)n1)c1ccccc1-c1cn2c3ccccc3c3ccccc3c2n1. The summed E-state index contributed by atoms with van der Waals surface area (Å²) in [5.41, 5.74) is 6.74. The molecule has 6 nitrogen and oxygen atoms in total. The number of hydrogen-bond donors (Lipinski definition) is 0. The summed E-state index contributed by atoms with van der Waals surface area (Å²) in [6, 6.07) is 45.3. The van der Waals surface area contributed by atoms with Crippen LogP contribution in [-0.4, -0.2) is 31.4 Å². The van der Waals surface area contributed by atoms with Crippen LogP contribution in [0.2, 0.25) is 0 Å². The van der Waals surface area contributed by atoms with Crippen molar-refractivity contribution in [3.05, 3.63) is 140 Å². The molecule has 5 aromatic carbocycles. The van der Waals surface area contributed by atoms with Gasteiger partial charge in [0.2, 0.25) is 5.95 Å². The summed E-state index contributed by atoms with van der Waals surface area (Å²) < 4.78 is 2.20. The maximum absolute atomic E-state index is 5.21. The summed E-state index contributed by atoms with van der Waals surface area (Å²) in [4.78, 5) is 22.0. The molecule has 8 aromatic rings. The number of para-hydroxylation sites is 2. The number of hydrogen-bond acceptors (Lipinski definition) is 5. The zero-order valence-electron chi connectivity index (χ0n) is 23.5. The third kappa shape index (κ3) is 4.28. The van der Waals surface area contributed by atoms with Gasteiger partial charge < -0.3 is 4.90 Å². The van der Waals surface area contributed by atoms with E-state index in [4.69, 9.17) is 19.9 Å². The van der Waals surface area contributed by atoms with Gasteiger partial charge >= 0.3 is 0 Å². The van der Waals surface area contributed by atoms with Crippen molar-refractivity contribution in [2.45, 2.75) is 0 Å². The molecule has 204 valence electrons. The Kier molecular flexibility index (Phi) is 5.90. The fourth-order valence-corrected chi connectivity index (χ4v) is 5.75. The first-order valence-electron chi connectivity index (χ1n) is 14.2. The standard InChI is InChI=1S/C37H26N6/c1-42(37-40-34(25-14-4-2-5-15-25)39-35(41-37)26-16-6-3-7-17-26)32-22-12-11-21-30(32)31-24-43-33-23-13-10-19-28(33)27-18-8-9-20-29(27)36(43)38-31/h2-24H,1H3. The molecular formula is C37H26N6. The van der Waals surface area contributed by atoms with Gasteiger partial charge in [-0.3, -0.25) is 4.40 Å². The summed E-state index contributed by atoms with van der Waals surface area (Å²) in [5, 5.41) is 3.52. The van der Waals surface area contributed by atoms with E-state index in [2.05, 4.69) is 71.3 Å². The van der Waals surface area contributed by atoms with Gasteiger partial charge in [-0.15, -0.1) is 0 Å². The Hall–Kier alpha value is -5.88. The number of fused-ring (bicyclic) bond motifs is 6. The predicted octanol–water partition coefficient (Wildman–Crippen LogP) is 8.59. The summed E-state index contributed by atoms with van der Waals surface area (Å²) >= 11 is 0. The quantitative estimate of drug-likeness (QED) is 0.199. The van der Waals surface area contributed by atoms with Crippen LogP contribution in [0.5, 0.6) is 0 Å². The second-order valence-electron chi connectivity index (χ2n) is 10.5. The molecule has 0 aliphatic rings. The van der Waals surface area contributed by atoms with E-state index in [9.17, 15) is 0 Å². The van der Waals surface area contributed by atoms with Crippen LogP contribution in [0, 0.1) is 0 Å². The van der Waals surface area contributed by atoms with Gasteiger partial charge in [-0.2, -0.15) is 9.97 Å². The van der Waals surface area contributed by atoms with Gasteiger partial charge in [0.05, 0.1) is 16.9 Å². The summed E-state index contributed by atoms with van der Waals surface area (Å²) in [7, 11) is 2.00. The van der Waals surface area contributed by atoms with Crippen LogP contribution in [0.1, 0.15) is 0 Å². The maximum Gasteiger partial charge on any atom is 0.233 e. The van der Waals surface area contributed by atoms with E-state index in [1.54, 1.807) is 0 Å². The van der Waals surface area contributed by atoms with E-state index < -0.39 is 0 Å². The van der Waals surface area contributed by atoms with Crippen molar-refractivity contribution >= 4 is 39.0 Å². The van der Waals surface area contributed by atoms with E-state index >= 15 is 0 Å². The van der Waals surface area contributed by atoms with Crippen molar-refractivity contribution in [1.82, 2.24) is 24.3 Å². The Morgan fingerprint density at radius 2 is 1.07 bits per heavy atom. The lowest BCUT2D eigenvalue weighted by atomic mass is 10.1. The highest BCUT2D eigenvalue weighted by Crippen LogP contribution is 2.36. The number of imidazole rings is 1. The lowest BCUT2D eigenvalue weighted by Crippen LogP contribution is -2.16. The Balaban J connectivity index is 1.31. The Bertz CT molecular complexity index is 2130. The molecule has 0 N–H and O–H groups in total. The first-order chi connectivity index (χ1) is 21.2. The predicted molar refractivity (Wildman–Crippen MR) is 174 cm³/mol. The smallest absolute Gasteiger partial charge is 0.233 e. The van der Waals surface area contributed by atoms with E-state index in [-0.39, 0.29) is 0 Å². The molecule has 8 rings (SSSR count). The van der Waals surface area contributed by atoms with Crippen molar-refractivity contribution in [2.75, 3.05) is 11.9 Å². The van der Waals surface area contributed by atoms with E-state index in [0.29, 0.717) is 17.6 Å². The van der Waals surface area contributed by atoms with Gasteiger partial charge in [0, 0.05) is 40.7 Å². The molecule has 0 radical (unpaired) electrons. The van der Waals surface area contributed by atoms with E-state index in [0.717, 1.165) is 44.6 Å². The molecule has 0 aliphatic heterocycles. The molecule has 0 fully saturated rings. The van der Waals surface area contributed by atoms with Crippen LogP contribution in [0.25, 0.3) is 61.4 Å². The molecule has 3 aromatic heterocycles. The molecule has 0 amide bonds. The summed E-state index contributed by atoms with van der Waals surface area (Å²) in [6.07, 6.45) is 2.13. The van der Waals surface area contributed by atoms with Crippen LogP contribution in [0.4, 0.5) is 11.6 Å². The van der Waals surface area contributed by atoms with Gasteiger partial charge in [-0.25, -0.2) is 9.97 Å². The number of anilines is 2. The second-order valence-corrected chi connectivity index (χ2v) is 10.5. The number of pyridine rings is 1. The summed E-state index contributed by atoms with van der Waals surface area (Å²) in [6.45, 7) is 0. The fraction of sp³-hybridized carbons (Fsp3) is 0.0270. The minimum Gasteiger partial charge on any atom is -0.313 e. The maximum atomic E-state index is 5.21. The third-order valence-electron chi connectivity index (χ3n) is 7.86. The van der Waals surface area contributed by atoms with E-state index in [1.165, 1.54) is 10.8 Å². The highest BCUT2D eigenvalue weighted by Gasteiger charge is 2.19. The first-order valence-corrected chi connectivity index (χ1v) is 14.2. The molecular weight excluding hydrogens is 528 g/mol. The van der Waals surface area contributed by atoms with E-state index in [1.807, 2.05) is 84.7 Å². The van der Waals surface area contributed by atoms with Crippen LogP contribution in [0.3, 0.4) is 0 Å². The topological polar surface area (TPSA) is 59.2 Å². The minimum atomic E-state index is 0.555. The number of nitrogens with zero attached hydrogens (tertiary/aromatic N) is 6. The molecule has 6 heteroatoms. The molecule has 0 spiro atoms. The molecule has 43 heavy (non-hydrogen) atoms. The third-order valence-corrected chi connectivity index (χ3v) is 7.86. The van der Waals surface area contributed by atoms with Gasteiger partial charge in [0.1, 0.15) is 5.65 Å². The van der Waals surface area contributed by atoms with Gasteiger partial charge in [-0.05, 0) is 17.5 Å². The zero-order valence-corrected chi connectivity index (χ0v) is 23.5. The van der Waals surface area contributed by atoms with Crippen LogP contribution >= 0.6 is 0 Å². The Labute approximate surface area is 248 Å². The van der Waals surface area contributed by atoms with Gasteiger partial charge in [0.25, 0.3) is 0 Å². The lowest BCUT2D eigenvalue weighted by molar-refractivity contribution is 0.999. The molecule has 0 saturated carbocycles. The van der Waals surface area contributed by atoms with Crippen molar-refractivity contribution in [3.63, 3.8) is 0 Å². The molecule has 0 aliphatic carbocycles. The van der Waals surface area contributed by atoms with Gasteiger partial charge in [-0.1, -0.05) is 121 Å². The highest BCUT2D eigenvalue weighted by molar-refractivity contribution is 6.12. The fourth-order valence-electron chi connectivity index (χ4n) is 5.75. The molecule has 3 heterocycles. The van der Waals surface area contributed by atoms with Crippen LogP contribution in [0.15, 0.2) is 140 Å². The largest absolute Gasteiger partial charge is 0.313 e. The summed E-state index contributed by atoms with van der Waals surface area (Å²) in [5.74, 6) is 1.80. The average molecular weight is 555 g/mol. The molecule has 0 unspecified atom stereocenters. The van der Waals surface area contributed by atoms with Crippen LogP contribution < -0.4 is 4.90 Å². The van der Waals surface area contributed by atoms with Crippen LogP contribution in [-0.2, 0) is 0 Å². The molecule has 0 bridgehead atoms. The van der Waals surface area contributed by atoms with Crippen molar-refractivity contribution in [1.29, 1.82) is 0 Å². The average Bonchev–Trinajstić information content (AvgIpc) is 3.55. The van der Waals surface area contributed by atoms with Crippen molar-refractivity contribution in [2.24, 2.45) is 0 Å². The normalized spacial score (nSPS) is 11.4. The lowest BCUT2D eigenvalue weighted by Gasteiger charge is -2.21. The zero-order chi connectivity index (χ0) is 28.8. The minimum absolute atomic E-state index is 0.555. The number of aromatic nitrogens is 5. The molecule has 0 saturated heterocycles. The van der Waals surface area contributed by atoms with Gasteiger partial charge in [0.15, 0.2) is 11.6 Å². The Morgan fingerprint density at radius 1 is 0.512 bits per heavy atom. The molecule has 0 atom stereocenters. The van der Waals surface area contributed by atoms with Crippen molar-refractivity contribution < 1.29 is 0 Å². The highest BCUT2D eigenvalue weighted by atomic mass is 15.3. The first kappa shape index (κ1) is 24.9. The van der Waals surface area contributed by atoms with Crippen molar-refractivity contribution in [3.8, 4) is 34.0 Å². The monoisotopic (exact) mass is 554 g/mol. The number of rotatable bonds is 5.